The molecule has 0 fully saturated rings. The molecule has 0 saturated heterocycles. The predicted octanol–water partition coefficient (Wildman–Crippen LogP) is 4.55. The number of anilines is 2. The molecule has 6 N–H and O–H groups in total. The highest BCUT2D eigenvalue weighted by Crippen LogP contribution is 2.26. The summed E-state index contributed by atoms with van der Waals surface area (Å²) < 4.78 is 2.81. The maximum absolute atomic E-state index is 13.8. The summed E-state index contributed by atoms with van der Waals surface area (Å²) >= 11 is 0. The molecular weight excluding hydrogens is 642 g/mol. The molecule has 256 valence electrons. The van der Waals surface area contributed by atoms with E-state index < -0.39 is 41.3 Å². The maximum Gasteiger partial charge on any atom is 0.411 e. The second-order valence-electron chi connectivity index (χ2n) is 11.7. The zero-order chi connectivity index (χ0) is 35.8. The van der Waals surface area contributed by atoms with E-state index >= 15 is 0 Å². The number of hydrogen-bond donors (Lipinski definition) is 6. The normalized spacial score (nSPS) is 12.6. The van der Waals surface area contributed by atoms with Crippen molar-refractivity contribution in [2.45, 2.75) is 38.4 Å². The van der Waals surface area contributed by atoms with Crippen LogP contribution in [0.5, 0.6) is 0 Å². The molecule has 0 unspecified atom stereocenters. The summed E-state index contributed by atoms with van der Waals surface area (Å²) in [6, 6.07) is 31.4. The molecule has 50 heavy (non-hydrogen) atoms. The Hall–Kier alpha value is -6.70. The Kier molecular flexibility index (Phi) is 10.4. The second kappa shape index (κ2) is 15.0. The first-order valence-electron chi connectivity index (χ1n) is 15.5. The van der Waals surface area contributed by atoms with Crippen molar-refractivity contribution in [1.82, 2.24) is 25.0 Å². The molecule has 14 nitrogen and oxygen atoms in total. The molecule has 14 heteroatoms. The van der Waals surface area contributed by atoms with Crippen molar-refractivity contribution in [2.75, 3.05) is 10.6 Å². The molecule has 0 spiro atoms. The quantitative estimate of drug-likeness (QED) is 0.109. The fourth-order valence-corrected chi connectivity index (χ4v) is 5.36. The van der Waals surface area contributed by atoms with Gasteiger partial charge in [-0.05, 0) is 73.5 Å². The minimum atomic E-state index is -1.46. The summed E-state index contributed by atoms with van der Waals surface area (Å²) in [5.74, 6) is -1.10. The van der Waals surface area contributed by atoms with Crippen molar-refractivity contribution in [3.63, 3.8) is 0 Å². The summed E-state index contributed by atoms with van der Waals surface area (Å²) in [5, 5.41) is 32.7. The third-order valence-corrected chi connectivity index (χ3v) is 7.83. The van der Waals surface area contributed by atoms with Gasteiger partial charge >= 0.3 is 17.9 Å². The van der Waals surface area contributed by atoms with Crippen LogP contribution in [0, 0.1) is 0 Å². The van der Waals surface area contributed by atoms with Gasteiger partial charge in [0.05, 0.1) is 12.2 Å². The highest BCUT2D eigenvalue weighted by Gasteiger charge is 2.34. The lowest BCUT2D eigenvalue weighted by atomic mass is 9.91. The Morgan fingerprint density at radius 2 is 1.32 bits per heavy atom. The van der Waals surface area contributed by atoms with Crippen LogP contribution in [0.25, 0.3) is 17.1 Å². The van der Waals surface area contributed by atoms with Crippen molar-refractivity contribution in [3.8, 4) is 17.1 Å². The number of amides is 4. The van der Waals surface area contributed by atoms with E-state index in [0.717, 1.165) is 11.1 Å². The van der Waals surface area contributed by atoms with E-state index in [1.807, 2.05) is 66.0 Å². The molecule has 4 amide bonds. The van der Waals surface area contributed by atoms with Gasteiger partial charge in [0.2, 0.25) is 0 Å². The SMILES string of the molecule is C[C@H](Nc1ccc(-n2c(-c3ccc(N[C@@](C)(Cc4ccccc4)C(=O)NC(=O)O)cc3)nn(Cc3ccccc3)c2=O)cc1)C(=O)NC(=O)O. The maximum atomic E-state index is 13.8. The Morgan fingerprint density at radius 3 is 1.90 bits per heavy atom. The van der Waals surface area contributed by atoms with Gasteiger partial charge in [-0.2, -0.15) is 0 Å². The number of rotatable bonds is 12. The van der Waals surface area contributed by atoms with Gasteiger partial charge in [-0.1, -0.05) is 60.7 Å². The van der Waals surface area contributed by atoms with Crippen molar-refractivity contribution < 1.29 is 29.4 Å². The third kappa shape index (κ3) is 8.41. The van der Waals surface area contributed by atoms with E-state index in [2.05, 4.69) is 15.7 Å². The first-order valence-corrected chi connectivity index (χ1v) is 15.5. The number of carboxylic acid groups (broad SMARTS) is 2. The van der Waals surface area contributed by atoms with Gasteiger partial charge in [0.25, 0.3) is 11.8 Å². The molecule has 5 rings (SSSR count). The summed E-state index contributed by atoms with van der Waals surface area (Å²) in [4.78, 5) is 61.1. The predicted molar refractivity (Wildman–Crippen MR) is 186 cm³/mol. The average molecular weight is 678 g/mol. The van der Waals surface area contributed by atoms with Gasteiger partial charge in [0.15, 0.2) is 5.82 Å². The van der Waals surface area contributed by atoms with Gasteiger partial charge in [0, 0.05) is 23.4 Å². The van der Waals surface area contributed by atoms with E-state index in [-0.39, 0.29) is 13.0 Å². The zero-order valence-corrected chi connectivity index (χ0v) is 27.2. The van der Waals surface area contributed by atoms with E-state index in [1.54, 1.807) is 60.8 Å². The number of benzene rings is 4. The Morgan fingerprint density at radius 1 is 0.760 bits per heavy atom. The molecular formula is C36H35N7O7. The van der Waals surface area contributed by atoms with Crippen LogP contribution >= 0.6 is 0 Å². The fraction of sp³-hybridized carbons (Fsp3) is 0.167. The highest BCUT2D eigenvalue weighted by molar-refractivity contribution is 5.98. The largest absolute Gasteiger partial charge is 0.465 e. The topological polar surface area (TPSA) is 197 Å². The van der Waals surface area contributed by atoms with Crippen molar-refractivity contribution in [2.24, 2.45) is 0 Å². The molecule has 2 atom stereocenters. The van der Waals surface area contributed by atoms with Gasteiger partial charge < -0.3 is 20.8 Å². The van der Waals surface area contributed by atoms with Crippen LogP contribution in [0.2, 0.25) is 0 Å². The molecule has 0 aliphatic rings. The average Bonchev–Trinajstić information content (AvgIpc) is 3.40. The minimum Gasteiger partial charge on any atom is -0.465 e. The zero-order valence-electron chi connectivity index (χ0n) is 27.2. The molecule has 0 aliphatic heterocycles. The number of nitrogens with one attached hydrogen (secondary N) is 4. The molecule has 5 aromatic rings. The van der Waals surface area contributed by atoms with Gasteiger partial charge in [0.1, 0.15) is 11.6 Å². The van der Waals surface area contributed by atoms with Crippen molar-refractivity contribution >= 4 is 35.4 Å². The van der Waals surface area contributed by atoms with Crippen LogP contribution in [0.1, 0.15) is 25.0 Å². The Bertz CT molecular complexity index is 2040. The van der Waals surface area contributed by atoms with E-state index in [9.17, 15) is 29.1 Å². The first-order chi connectivity index (χ1) is 23.9. The molecule has 1 aromatic heterocycles. The number of carbonyl (C=O) groups excluding carboxylic acids is 2. The number of nitrogens with zero attached hydrogens (tertiary/aromatic N) is 3. The third-order valence-electron chi connectivity index (χ3n) is 7.83. The molecule has 0 radical (unpaired) electrons. The van der Waals surface area contributed by atoms with E-state index in [4.69, 9.17) is 5.11 Å². The number of hydrogen-bond acceptors (Lipinski definition) is 8. The van der Waals surface area contributed by atoms with Crippen molar-refractivity contribution in [1.29, 1.82) is 0 Å². The minimum absolute atomic E-state index is 0.200. The fourth-order valence-electron chi connectivity index (χ4n) is 5.36. The molecule has 0 saturated carbocycles. The number of carbonyl (C=O) groups is 4. The van der Waals surface area contributed by atoms with Crippen molar-refractivity contribution in [3.05, 3.63) is 131 Å². The Labute approximate surface area is 286 Å². The monoisotopic (exact) mass is 677 g/mol. The lowest BCUT2D eigenvalue weighted by Crippen LogP contribution is -2.53. The van der Waals surface area contributed by atoms with Gasteiger partial charge in [-0.3, -0.25) is 20.2 Å². The smallest absolute Gasteiger partial charge is 0.411 e. The van der Waals surface area contributed by atoms with Crippen LogP contribution in [-0.4, -0.2) is 60.1 Å². The molecule has 0 aliphatic carbocycles. The van der Waals surface area contributed by atoms with Crippen LogP contribution in [-0.2, 0) is 22.6 Å². The summed E-state index contributed by atoms with van der Waals surface area (Å²) in [5.41, 5.74) is 2.09. The van der Waals surface area contributed by atoms with Crippen LogP contribution < -0.4 is 27.0 Å². The molecule has 0 bridgehead atoms. The van der Waals surface area contributed by atoms with Crippen LogP contribution in [0.15, 0.2) is 114 Å². The first kappa shape index (κ1) is 34.6. The van der Waals surface area contributed by atoms with Crippen LogP contribution in [0.3, 0.4) is 0 Å². The van der Waals surface area contributed by atoms with Crippen LogP contribution in [0.4, 0.5) is 21.0 Å². The van der Waals surface area contributed by atoms with E-state index in [1.165, 1.54) is 16.2 Å². The Balaban J connectivity index is 1.47. The lowest BCUT2D eigenvalue weighted by molar-refractivity contribution is -0.124. The van der Waals surface area contributed by atoms with Gasteiger partial charge in [-0.25, -0.2) is 23.6 Å². The standard InChI is InChI=1S/C36H35N7O7/c1-23(31(44)38-33(46)47)37-27-17-19-29(20-18-27)43-30(41-42(35(43)50)22-25-11-7-4-8-12-25)26-13-15-28(16-14-26)40-36(2,32(45)39-34(48)49)21-24-9-5-3-6-10-24/h3-20,23,37,40H,21-22H2,1-2H3,(H,38,44)(H,39,45)(H,46,47)(H,48,49)/t23-,36-/m0/s1. The summed E-state index contributed by atoms with van der Waals surface area (Å²) in [7, 11) is 0. The van der Waals surface area contributed by atoms with Gasteiger partial charge in [-0.15, -0.1) is 5.10 Å². The molecule has 1 heterocycles. The number of imide groups is 2. The second-order valence-corrected chi connectivity index (χ2v) is 11.7. The number of aromatic nitrogens is 3. The summed E-state index contributed by atoms with van der Waals surface area (Å²) in [6.07, 6.45) is -2.71. The molecule has 4 aromatic carbocycles. The lowest BCUT2D eigenvalue weighted by Gasteiger charge is -2.30. The van der Waals surface area contributed by atoms with E-state index in [0.29, 0.717) is 28.5 Å². The highest BCUT2D eigenvalue weighted by atomic mass is 16.4. The summed E-state index contributed by atoms with van der Waals surface area (Å²) in [6.45, 7) is 3.35.